The first-order chi connectivity index (χ1) is 18.8. The predicted octanol–water partition coefficient (Wildman–Crippen LogP) is 6.44. The van der Waals surface area contributed by atoms with Crippen molar-refractivity contribution < 1.29 is 22.9 Å². The lowest BCUT2D eigenvalue weighted by Gasteiger charge is -2.35. The van der Waals surface area contributed by atoms with Crippen LogP contribution in [0.2, 0.25) is 0 Å². The molecular formula is C29H32BrN3O6S. The average Bonchev–Trinajstić information content (AvgIpc) is 3.07. The van der Waals surface area contributed by atoms with Gasteiger partial charge in [0.1, 0.15) is 5.60 Å². The Morgan fingerprint density at radius 1 is 0.975 bits per heavy atom. The minimum absolute atomic E-state index is 0.0777. The standard InChI is InChI=1S/C29H32BrN3O6S/c1-29(2,3)39-28(34)32-19-23(31-40(37,38)25-16-14-24(15-17-25)33(35)36)13-18-26(30)27(32)22-11-9-21(10-12-22)20-7-5-4-6-8-20/h4-12,14-17,23,26-27,31H,13,18-19H2,1-3H3/t23-,26+,27-/m1/s1. The first-order valence-electron chi connectivity index (χ1n) is 12.9. The summed E-state index contributed by atoms with van der Waals surface area (Å²) in [7, 11) is -4.01. The molecule has 40 heavy (non-hydrogen) atoms. The number of hydrogen-bond acceptors (Lipinski definition) is 6. The fraction of sp³-hybridized carbons (Fsp3) is 0.345. The van der Waals surface area contributed by atoms with E-state index >= 15 is 0 Å². The first-order valence-corrected chi connectivity index (χ1v) is 15.3. The molecule has 1 N–H and O–H groups in total. The van der Waals surface area contributed by atoms with E-state index in [0.29, 0.717) is 12.8 Å². The number of rotatable bonds is 6. The summed E-state index contributed by atoms with van der Waals surface area (Å²) in [5.74, 6) is 0. The summed E-state index contributed by atoms with van der Waals surface area (Å²) in [5.41, 5.74) is 2.07. The van der Waals surface area contributed by atoms with Gasteiger partial charge in [-0.25, -0.2) is 17.9 Å². The third kappa shape index (κ3) is 7.26. The van der Waals surface area contributed by atoms with Gasteiger partial charge in [-0.2, -0.15) is 0 Å². The molecule has 0 bridgehead atoms. The van der Waals surface area contributed by atoms with Crippen LogP contribution in [0.3, 0.4) is 0 Å². The Kier molecular flexibility index (Phi) is 8.96. The molecule has 4 rings (SSSR count). The molecule has 9 nitrogen and oxygen atoms in total. The molecule has 212 valence electrons. The van der Waals surface area contributed by atoms with E-state index in [2.05, 4.69) is 20.7 Å². The normalized spacial score (nSPS) is 20.0. The van der Waals surface area contributed by atoms with E-state index in [9.17, 15) is 23.3 Å². The number of non-ortho nitro benzene ring substituents is 1. The maximum atomic E-state index is 13.5. The van der Waals surface area contributed by atoms with E-state index in [1.54, 1.807) is 25.7 Å². The van der Waals surface area contributed by atoms with E-state index in [-0.39, 0.29) is 22.0 Å². The largest absolute Gasteiger partial charge is 0.444 e. The number of amides is 1. The first kappa shape index (κ1) is 29.7. The number of nitro benzene ring substituents is 1. The van der Waals surface area contributed by atoms with Crippen molar-refractivity contribution >= 4 is 37.7 Å². The number of nitrogens with one attached hydrogen (secondary N) is 1. The molecule has 1 saturated heterocycles. The second-order valence-corrected chi connectivity index (χ2v) is 13.6. The highest BCUT2D eigenvalue weighted by Crippen LogP contribution is 2.37. The summed E-state index contributed by atoms with van der Waals surface area (Å²) in [5, 5.41) is 11.0. The number of sulfonamides is 1. The zero-order valence-corrected chi connectivity index (χ0v) is 24.9. The molecule has 0 unspecified atom stereocenters. The number of halogens is 1. The number of carbonyl (C=O) groups excluding carboxylic acids is 1. The number of benzene rings is 3. The van der Waals surface area contributed by atoms with E-state index in [0.717, 1.165) is 28.8 Å². The van der Waals surface area contributed by atoms with Gasteiger partial charge in [-0.3, -0.25) is 15.0 Å². The number of hydrogen-bond donors (Lipinski definition) is 1. The van der Waals surface area contributed by atoms with Crippen molar-refractivity contribution in [1.29, 1.82) is 0 Å². The number of nitro groups is 1. The van der Waals surface area contributed by atoms with Crippen LogP contribution >= 0.6 is 15.9 Å². The minimum Gasteiger partial charge on any atom is -0.444 e. The zero-order valence-electron chi connectivity index (χ0n) is 22.5. The summed E-state index contributed by atoms with van der Waals surface area (Å²) < 4.78 is 34.8. The third-order valence-electron chi connectivity index (χ3n) is 6.55. The van der Waals surface area contributed by atoms with E-state index in [4.69, 9.17) is 4.74 Å². The van der Waals surface area contributed by atoms with Gasteiger partial charge in [-0.05, 0) is 62.4 Å². The number of alkyl halides is 1. The Morgan fingerprint density at radius 2 is 1.57 bits per heavy atom. The molecule has 1 heterocycles. The number of nitrogens with zero attached hydrogens (tertiary/aromatic N) is 2. The summed E-state index contributed by atoms with van der Waals surface area (Å²) in [4.78, 5) is 25.2. The quantitative estimate of drug-likeness (QED) is 0.190. The molecule has 0 aliphatic carbocycles. The second-order valence-electron chi connectivity index (χ2n) is 10.7. The van der Waals surface area contributed by atoms with Crippen LogP contribution in [-0.4, -0.2) is 47.3 Å². The zero-order chi connectivity index (χ0) is 29.1. The van der Waals surface area contributed by atoms with Gasteiger partial charge in [0.2, 0.25) is 10.0 Å². The average molecular weight is 631 g/mol. The van der Waals surface area contributed by atoms with Crippen LogP contribution in [0.5, 0.6) is 0 Å². The molecule has 1 fully saturated rings. The van der Waals surface area contributed by atoms with Gasteiger partial charge in [0, 0.05) is 29.5 Å². The monoisotopic (exact) mass is 629 g/mol. The smallest absolute Gasteiger partial charge is 0.410 e. The highest BCUT2D eigenvalue weighted by atomic mass is 79.9. The molecule has 11 heteroatoms. The SMILES string of the molecule is CC(C)(C)OC(=O)N1C[C@H](NS(=O)(=O)c2ccc([N+](=O)[O-])cc2)CC[C@H](Br)[C@H]1c1ccc(-c2ccccc2)cc1. The van der Waals surface area contributed by atoms with Gasteiger partial charge < -0.3 is 4.74 Å². The van der Waals surface area contributed by atoms with E-state index in [1.807, 2.05) is 54.6 Å². The van der Waals surface area contributed by atoms with Gasteiger partial charge in [0.05, 0.1) is 15.9 Å². The Balaban J connectivity index is 1.63. The minimum atomic E-state index is -4.01. The van der Waals surface area contributed by atoms with Crippen molar-refractivity contribution in [3.63, 3.8) is 0 Å². The molecule has 0 spiro atoms. The highest BCUT2D eigenvalue weighted by molar-refractivity contribution is 9.09. The Hall–Kier alpha value is -3.28. The van der Waals surface area contributed by atoms with Crippen molar-refractivity contribution in [3.05, 3.63) is 94.5 Å². The van der Waals surface area contributed by atoms with Crippen LogP contribution < -0.4 is 4.72 Å². The van der Waals surface area contributed by atoms with Crippen LogP contribution in [0.15, 0.2) is 83.8 Å². The molecule has 1 amide bonds. The summed E-state index contributed by atoms with van der Waals surface area (Å²) >= 11 is 3.78. The molecule has 1 aliphatic heterocycles. The van der Waals surface area contributed by atoms with E-state index < -0.39 is 38.7 Å². The maximum absolute atomic E-state index is 13.5. The van der Waals surface area contributed by atoms with Gasteiger partial charge in [0.15, 0.2) is 0 Å². The van der Waals surface area contributed by atoms with Crippen LogP contribution in [0.4, 0.5) is 10.5 Å². The van der Waals surface area contributed by atoms with Gasteiger partial charge in [-0.1, -0.05) is 70.5 Å². The van der Waals surface area contributed by atoms with Crippen LogP contribution in [-0.2, 0) is 14.8 Å². The van der Waals surface area contributed by atoms with Gasteiger partial charge in [-0.15, -0.1) is 0 Å². The summed E-state index contributed by atoms with van der Waals surface area (Å²) in [6, 6.07) is 21.7. The lowest BCUT2D eigenvalue weighted by atomic mass is 9.97. The Morgan fingerprint density at radius 3 is 2.15 bits per heavy atom. The predicted molar refractivity (Wildman–Crippen MR) is 157 cm³/mol. The van der Waals surface area contributed by atoms with Crippen LogP contribution in [0, 0.1) is 10.1 Å². The number of ether oxygens (including phenoxy) is 1. The summed E-state index contributed by atoms with van der Waals surface area (Å²) in [6.45, 7) is 5.43. The van der Waals surface area contributed by atoms with Crippen molar-refractivity contribution in [2.45, 2.75) is 61.0 Å². The van der Waals surface area contributed by atoms with Crippen molar-refractivity contribution in [2.24, 2.45) is 0 Å². The van der Waals surface area contributed by atoms with Crippen LogP contribution in [0.1, 0.15) is 45.2 Å². The molecule has 3 aromatic carbocycles. The fourth-order valence-electron chi connectivity index (χ4n) is 4.69. The molecule has 3 atom stereocenters. The molecule has 0 aromatic heterocycles. The number of carbonyl (C=O) groups is 1. The second kappa shape index (κ2) is 12.1. The van der Waals surface area contributed by atoms with Crippen molar-refractivity contribution in [1.82, 2.24) is 9.62 Å². The Bertz CT molecular complexity index is 1440. The fourth-order valence-corrected chi connectivity index (χ4v) is 6.80. The maximum Gasteiger partial charge on any atom is 0.410 e. The van der Waals surface area contributed by atoms with E-state index in [1.165, 1.54) is 12.1 Å². The van der Waals surface area contributed by atoms with Crippen molar-refractivity contribution in [2.75, 3.05) is 6.54 Å². The van der Waals surface area contributed by atoms with Crippen molar-refractivity contribution in [3.8, 4) is 11.1 Å². The highest BCUT2D eigenvalue weighted by Gasteiger charge is 2.39. The molecule has 1 aliphatic rings. The number of likely N-dealkylation sites (tertiary alicyclic amines) is 1. The van der Waals surface area contributed by atoms with Gasteiger partial charge >= 0.3 is 6.09 Å². The topological polar surface area (TPSA) is 119 Å². The Labute approximate surface area is 242 Å². The van der Waals surface area contributed by atoms with Crippen LogP contribution in [0.25, 0.3) is 11.1 Å². The molecule has 3 aromatic rings. The molecular weight excluding hydrogens is 598 g/mol. The third-order valence-corrected chi connectivity index (χ3v) is 9.05. The van der Waals surface area contributed by atoms with Gasteiger partial charge in [0.25, 0.3) is 5.69 Å². The molecule has 0 saturated carbocycles. The lowest BCUT2D eigenvalue weighted by Crippen LogP contribution is -2.47. The molecule has 0 radical (unpaired) electrons. The lowest BCUT2D eigenvalue weighted by molar-refractivity contribution is -0.384. The summed E-state index contributed by atoms with van der Waals surface area (Å²) in [6.07, 6.45) is 0.494.